The van der Waals surface area contributed by atoms with Gasteiger partial charge in [-0.05, 0) is 71.6 Å². The van der Waals surface area contributed by atoms with E-state index in [1.807, 2.05) is 39.0 Å². The topological polar surface area (TPSA) is 89.9 Å². The lowest BCUT2D eigenvalue weighted by atomic mass is 9.94. The molecule has 1 saturated carbocycles. The lowest BCUT2D eigenvalue weighted by Crippen LogP contribution is -2.56. The first-order chi connectivity index (χ1) is 16.6. The Balaban J connectivity index is 1.37. The van der Waals surface area contributed by atoms with E-state index < -0.39 is 11.2 Å². The Bertz CT molecular complexity index is 974. The summed E-state index contributed by atoms with van der Waals surface area (Å²) in [7, 11) is 1.63. The third-order valence-electron chi connectivity index (χ3n) is 6.63. The fourth-order valence-electron chi connectivity index (χ4n) is 4.70. The number of hydrogen-bond acceptors (Lipinski definition) is 7. The van der Waals surface area contributed by atoms with Crippen molar-refractivity contribution in [3.05, 3.63) is 23.8 Å². The van der Waals surface area contributed by atoms with E-state index in [1.54, 1.807) is 23.8 Å². The number of methoxy groups -OCH3 is 1. The molecule has 3 aliphatic rings. The summed E-state index contributed by atoms with van der Waals surface area (Å²) < 4.78 is 17.1. The number of nitrogens with zero attached hydrogens (tertiary/aromatic N) is 3. The summed E-state index contributed by atoms with van der Waals surface area (Å²) in [5.74, 6) is 1.25. The zero-order chi connectivity index (χ0) is 25.2. The van der Waals surface area contributed by atoms with E-state index in [1.165, 1.54) is 12.8 Å². The minimum Gasteiger partial charge on any atom is -0.493 e. The molecular weight excluding hydrogens is 450 g/mol. The molecule has 0 aromatic heterocycles. The second kappa shape index (κ2) is 9.95. The minimum absolute atomic E-state index is 0.129. The van der Waals surface area contributed by atoms with Crippen molar-refractivity contribution in [1.82, 2.24) is 9.80 Å². The molecule has 2 heterocycles. The van der Waals surface area contributed by atoms with Crippen molar-refractivity contribution in [2.45, 2.75) is 77.1 Å². The lowest BCUT2D eigenvalue weighted by Gasteiger charge is -2.37. The van der Waals surface area contributed by atoms with Gasteiger partial charge in [0.25, 0.3) is 5.91 Å². The van der Waals surface area contributed by atoms with Crippen LogP contribution in [-0.2, 0) is 14.4 Å². The molecular formula is C26H37N3O6. The van der Waals surface area contributed by atoms with E-state index in [0.717, 1.165) is 18.4 Å². The Kier molecular flexibility index (Phi) is 7.15. The first kappa shape index (κ1) is 25.1. The van der Waals surface area contributed by atoms with Crippen molar-refractivity contribution in [3.63, 3.8) is 0 Å². The Morgan fingerprint density at radius 2 is 1.71 bits per heavy atom. The predicted molar refractivity (Wildman–Crippen MR) is 131 cm³/mol. The van der Waals surface area contributed by atoms with E-state index in [0.29, 0.717) is 49.8 Å². The Labute approximate surface area is 207 Å². The average molecular weight is 488 g/mol. The number of amides is 2. The molecule has 9 heteroatoms. The number of carbonyl (C=O) groups excluding carboxylic acids is 2. The molecule has 1 unspecified atom stereocenters. The molecule has 4 rings (SSSR count). The van der Waals surface area contributed by atoms with Crippen LogP contribution in [0, 0.1) is 0 Å². The van der Waals surface area contributed by atoms with Gasteiger partial charge in [0.05, 0.1) is 18.9 Å². The predicted octanol–water partition coefficient (Wildman–Crippen LogP) is 3.98. The largest absolute Gasteiger partial charge is 0.493 e. The highest BCUT2D eigenvalue weighted by atomic mass is 16.7. The number of piperazine rings is 1. The summed E-state index contributed by atoms with van der Waals surface area (Å²) in [5.41, 5.74) is -0.0837. The van der Waals surface area contributed by atoms with Gasteiger partial charge in [-0.3, -0.25) is 4.79 Å². The molecule has 2 fully saturated rings. The van der Waals surface area contributed by atoms with Crippen molar-refractivity contribution >= 4 is 17.7 Å². The van der Waals surface area contributed by atoms with Crippen LogP contribution in [0.1, 0.15) is 65.4 Å². The summed E-state index contributed by atoms with van der Waals surface area (Å²) in [6, 6.07) is 5.71. The summed E-state index contributed by atoms with van der Waals surface area (Å²) in [5, 5.41) is 4.28. The lowest BCUT2D eigenvalue weighted by molar-refractivity contribution is -0.154. The molecule has 1 saturated heterocycles. The zero-order valence-corrected chi connectivity index (χ0v) is 21.5. The van der Waals surface area contributed by atoms with Crippen LogP contribution < -0.4 is 9.47 Å². The Morgan fingerprint density at radius 1 is 1.06 bits per heavy atom. The molecule has 0 spiro atoms. The maximum Gasteiger partial charge on any atom is 0.410 e. The number of carbonyl (C=O) groups is 2. The third kappa shape index (κ3) is 5.82. The van der Waals surface area contributed by atoms with Gasteiger partial charge in [-0.2, -0.15) is 0 Å². The van der Waals surface area contributed by atoms with Crippen LogP contribution >= 0.6 is 0 Å². The van der Waals surface area contributed by atoms with E-state index in [9.17, 15) is 9.59 Å². The van der Waals surface area contributed by atoms with Crippen LogP contribution in [0.2, 0.25) is 0 Å². The van der Waals surface area contributed by atoms with Crippen LogP contribution in [0.15, 0.2) is 23.4 Å². The normalized spacial score (nSPS) is 23.1. The van der Waals surface area contributed by atoms with Crippen molar-refractivity contribution < 1.29 is 28.6 Å². The molecule has 2 amide bonds. The van der Waals surface area contributed by atoms with Crippen LogP contribution in [0.25, 0.3) is 0 Å². The molecule has 35 heavy (non-hydrogen) atoms. The smallest absolute Gasteiger partial charge is 0.410 e. The van der Waals surface area contributed by atoms with Gasteiger partial charge in [0.15, 0.2) is 11.5 Å². The quantitative estimate of drug-likeness (QED) is 0.624. The van der Waals surface area contributed by atoms with E-state index in [4.69, 9.17) is 19.0 Å². The summed E-state index contributed by atoms with van der Waals surface area (Å²) >= 11 is 0. The molecule has 9 nitrogen and oxygen atoms in total. The van der Waals surface area contributed by atoms with Gasteiger partial charge in [0.2, 0.25) is 5.60 Å². The highest BCUT2D eigenvalue weighted by molar-refractivity contribution is 6.05. The van der Waals surface area contributed by atoms with Gasteiger partial charge < -0.3 is 28.8 Å². The SMILES string of the molecule is COc1ccc(C2=NOC(C)(C(=O)N3CCN(C(=O)OC(C)(C)C)CC3)C2)cc1OC1CCCC1. The monoisotopic (exact) mass is 487 g/mol. The first-order valence-electron chi connectivity index (χ1n) is 12.5. The Hall–Kier alpha value is -2.97. The molecule has 1 aromatic rings. The maximum absolute atomic E-state index is 13.4. The van der Waals surface area contributed by atoms with Gasteiger partial charge in [0, 0.05) is 38.2 Å². The van der Waals surface area contributed by atoms with Gasteiger partial charge in [-0.15, -0.1) is 0 Å². The fourth-order valence-corrected chi connectivity index (χ4v) is 4.70. The number of oxime groups is 1. The van der Waals surface area contributed by atoms with Crippen molar-refractivity contribution in [1.29, 1.82) is 0 Å². The van der Waals surface area contributed by atoms with Gasteiger partial charge in [-0.1, -0.05) is 5.16 Å². The summed E-state index contributed by atoms with van der Waals surface area (Å²) in [4.78, 5) is 34.8. The highest BCUT2D eigenvalue weighted by Gasteiger charge is 2.45. The first-order valence-corrected chi connectivity index (χ1v) is 12.5. The zero-order valence-electron chi connectivity index (χ0n) is 21.5. The molecule has 0 bridgehead atoms. The average Bonchev–Trinajstić information content (AvgIpc) is 3.48. The molecule has 1 atom stereocenters. The second-order valence-electron chi connectivity index (χ2n) is 10.7. The van der Waals surface area contributed by atoms with Crippen molar-refractivity contribution in [2.24, 2.45) is 5.16 Å². The van der Waals surface area contributed by atoms with E-state index in [-0.39, 0.29) is 18.1 Å². The molecule has 1 aromatic carbocycles. The maximum atomic E-state index is 13.4. The van der Waals surface area contributed by atoms with Crippen molar-refractivity contribution in [2.75, 3.05) is 33.3 Å². The second-order valence-corrected chi connectivity index (χ2v) is 10.7. The standard InChI is InChI=1S/C26H37N3O6/c1-25(2,3)34-24(31)29-14-12-28(13-15-29)23(30)26(4)17-20(27-35-26)18-10-11-21(32-5)22(16-18)33-19-8-6-7-9-19/h10-11,16,19H,6-9,12-15,17H2,1-5H3. The highest BCUT2D eigenvalue weighted by Crippen LogP contribution is 2.35. The molecule has 2 aliphatic heterocycles. The molecule has 1 aliphatic carbocycles. The molecule has 0 radical (unpaired) electrons. The number of benzene rings is 1. The van der Waals surface area contributed by atoms with Crippen LogP contribution in [0.4, 0.5) is 4.79 Å². The summed E-state index contributed by atoms with van der Waals surface area (Å²) in [6.45, 7) is 8.98. The molecule has 192 valence electrons. The van der Waals surface area contributed by atoms with Crippen LogP contribution in [-0.4, -0.2) is 78.1 Å². The van der Waals surface area contributed by atoms with Gasteiger partial charge >= 0.3 is 6.09 Å². The third-order valence-corrected chi connectivity index (χ3v) is 6.63. The van der Waals surface area contributed by atoms with Gasteiger partial charge in [-0.25, -0.2) is 4.79 Å². The van der Waals surface area contributed by atoms with Gasteiger partial charge in [0.1, 0.15) is 5.60 Å². The fraction of sp³-hybridized carbons (Fsp3) is 0.654. The van der Waals surface area contributed by atoms with Crippen LogP contribution in [0.5, 0.6) is 11.5 Å². The molecule has 0 N–H and O–H groups in total. The minimum atomic E-state index is -1.09. The summed E-state index contributed by atoms with van der Waals surface area (Å²) in [6.07, 6.45) is 4.66. The van der Waals surface area contributed by atoms with Crippen molar-refractivity contribution in [3.8, 4) is 11.5 Å². The number of ether oxygens (including phenoxy) is 3. The van der Waals surface area contributed by atoms with E-state index >= 15 is 0 Å². The number of rotatable bonds is 5. The van der Waals surface area contributed by atoms with E-state index in [2.05, 4.69) is 5.16 Å². The van der Waals surface area contributed by atoms with Crippen LogP contribution in [0.3, 0.4) is 0 Å². The Morgan fingerprint density at radius 3 is 2.34 bits per heavy atom. The number of hydrogen-bond donors (Lipinski definition) is 0.